The average Bonchev–Trinajstić information content (AvgIpc) is 3.03. The van der Waals surface area contributed by atoms with E-state index >= 15 is 0 Å². The van der Waals surface area contributed by atoms with Gasteiger partial charge in [-0.2, -0.15) is 0 Å². The highest BCUT2D eigenvalue weighted by Gasteiger charge is 2.13. The number of carbonyl (C=O) groups excluding carboxylic acids is 1. The van der Waals surface area contributed by atoms with Crippen LogP contribution < -0.4 is 24.8 Å². The van der Waals surface area contributed by atoms with Crippen LogP contribution in [0.2, 0.25) is 0 Å². The van der Waals surface area contributed by atoms with E-state index in [-0.39, 0.29) is 12.8 Å². The zero-order valence-corrected chi connectivity index (χ0v) is 13.7. The molecule has 2 aromatic rings. The number of anilines is 1. The van der Waals surface area contributed by atoms with E-state index in [2.05, 4.69) is 10.6 Å². The first-order valence-electron chi connectivity index (χ1n) is 7.76. The Balaban J connectivity index is 1.41. The van der Waals surface area contributed by atoms with E-state index < -0.39 is 0 Å². The summed E-state index contributed by atoms with van der Waals surface area (Å²) in [6.07, 6.45) is 0. The Bertz CT molecular complexity index is 746. The SMILES string of the molecule is Cc1ccc(NC(=O)NCCOc2ccc3c(c2)OCO3)cc1C. The Morgan fingerprint density at radius 1 is 1.08 bits per heavy atom. The summed E-state index contributed by atoms with van der Waals surface area (Å²) in [7, 11) is 0. The monoisotopic (exact) mass is 328 g/mol. The van der Waals surface area contributed by atoms with Gasteiger partial charge in [-0.1, -0.05) is 6.07 Å². The van der Waals surface area contributed by atoms with Gasteiger partial charge in [0.05, 0.1) is 6.54 Å². The summed E-state index contributed by atoms with van der Waals surface area (Å²) in [5.74, 6) is 2.07. The summed E-state index contributed by atoms with van der Waals surface area (Å²) < 4.78 is 16.1. The summed E-state index contributed by atoms with van der Waals surface area (Å²) in [6.45, 7) is 5.04. The van der Waals surface area contributed by atoms with Crippen molar-refractivity contribution >= 4 is 11.7 Å². The van der Waals surface area contributed by atoms with Crippen molar-refractivity contribution in [1.82, 2.24) is 5.32 Å². The number of hydrogen-bond acceptors (Lipinski definition) is 4. The van der Waals surface area contributed by atoms with Gasteiger partial charge in [0.2, 0.25) is 6.79 Å². The quantitative estimate of drug-likeness (QED) is 0.827. The minimum Gasteiger partial charge on any atom is -0.492 e. The van der Waals surface area contributed by atoms with Gasteiger partial charge in [0.15, 0.2) is 11.5 Å². The number of rotatable bonds is 5. The molecule has 0 aliphatic carbocycles. The minimum absolute atomic E-state index is 0.235. The third kappa shape index (κ3) is 3.90. The Morgan fingerprint density at radius 3 is 2.75 bits per heavy atom. The van der Waals surface area contributed by atoms with E-state index in [0.29, 0.717) is 30.4 Å². The molecule has 0 unspecified atom stereocenters. The van der Waals surface area contributed by atoms with Crippen LogP contribution in [0.4, 0.5) is 10.5 Å². The van der Waals surface area contributed by atoms with Crippen LogP contribution in [0.15, 0.2) is 36.4 Å². The molecule has 0 spiro atoms. The molecule has 0 fully saturated rings. The fraction of sp³-hybridized carbons (Fsp3) is 0.278. The van der Waals surface area contributed by atoms with Gasteiger partial charge in [0.1, 0.15) is 12.4 Å². The summed E-state index contributed by atoms with van der Waals surface area (Å²) >= 11 is 0. The fourth-order valence-corrected chi connectivity index (χ4v) is 2.29. The lowest BCUT2D eigenvalue weighted by molar-refractivity contribution is 0.173. The molecule has 0 aromatic heterocycles. The number of hydrogen-bond donors (Lipinski definition) is 2. The number of nitrogens with one attached hydrogen (secondary N) is 2. The molecule has 0 saturated heterocycles. The van der Waals surface area contributed by atoms with Crippen molar-refractivity contribution in [3.63, 3.8) is 0 Å². The molecule has 1 heterocycles. The van der Waals surface area contributed by atoms with Crippen LogP contribution in [0.25, 0.3) is 0 Å². The maximum absolute atomic E-state index is 11.9. The molecule has 0 atom stereocenters. The molecule has 2 aromatic carbocycles. The zero-order chi connectivity index (χ0) is 16.9. The maximum Gasteiger partial charge on any atom is 0.319 e. The second-order valence-corrected chi connectivity index (χ2v) is 5.54. The highest BCUT2D eigenvalue weighted by molar-refractivity contribution is 5.89. The van der Waals surface area contributed by atoms with Crippen LogP contribution in [0.1, 0.15) is 11.1 Å². The summed E-state index contributed by atoms with van der Waals surface area (Å²) in [6, 6.07) is 10.9. The number of ether oxygens (including phenoxy) is 3. The molecule has 24 heavy (non-hydrogen) atoms. The van der Waals surface area contributed by atoms with Gasteiger partial charge in [-0.25, -0.2) is 4.79 Å². The molecular formula is C18H20N2O4. The van der Waals surface area contributed by atoms with E-state index in [9.17, 15) is 4.79 Å². The summed E-state index contributed by atoms with van der Waals surface area (Å²) in [5, 5.41) is 5.56. The number of urea groups is 1. The Kier molecular flexibility index (Phi) is 4.74. The van der Waals surface area contributed by atoms with Gasteiger partial charge < -0.3 is 24.8 Å². The van der Waals surface area contributed by atoms with Crippen molar-refractivity contribution in [2.45, 2.75) is 13.8 Å². The number of benzene rings is 2. The average molecular weight is 328 g/mol. The lowest BCUT2D eigenvalue weighted by atomic mass is 10.1. The first-order valence-corrected chi connectivity index (χ1v) is 7.76. The minimum atomic E-state index is -0.257. The Labute approximate surface area is 140 Å². The second kappa shape index (κ2) is 7.12. The number of carbonyl (C=O) groups is 1. The zero-order valence-electron chi connectivity index (χ0n) is 13.7. The van der Waals surface area contributed by atoms with E-state index in [1.807, 2.05) is 38.1 Å². The molecule has 1 aliphatic heterocycles. The first kappa shape index (κ1) is 16.0. The normalized spacial score (nSPS) is 11.9. The van der Waals surface area contributed by atoms with Gasteiger partial charge in [-0.05, 0) is 49.2 Å². The van der Waals surface area contributed by atoms with E-state index in [1.165, 1.54) is 5.56 Å². The highest BCUT2D eigenvalue weighted by Crippen LogP contribution is 2.34. The molecule has 0 radical (unpaired) electrons. The van der Waals surface area contributed by atoms with Gasteiger partial charge in [-0.3, -0.25) is 0 Å². The van der Waals surface area contributed by atoms with Crippen molar-refractivity contribution in [2.24, 2.45) is 0 Å². The van der Waals surface area contributed by atoms with E-state index in [4.69, 9.17) is 14.2 Å². The number of amides is 2. The Hall–Kier alpha value is -2.89. The summed E-state index contributed by atoms with van der Waals surface area (Å²) in [5.41, 5.74) is 3.10. The van der Waals surface area contributed by atoms with Crippen LogP contribution in [0.3, 0.4) is 0 Å². The molecule has 3 rings (SSSR count). The molecule has 0 bridgehead atoms. The third-order valence-electron chi connectivity index (χ3n) is 3.77. The van der Waals surface area contributed by atoms with Crippen molar-refractivity contribution in [2.75, 3.05) is 25.3 Å². The van der Waals surface area contributed by atoms with Crippen LogP contribution in [-0.4, -0.2) is 26.0 Å². The topological polar surface area (TPSA) is 68.8 Å². The molecule has 2 N–H and O–H groups in total. The van der Waals surface area contributed by atoms with E-state index in [1.54, 1.807) is 12.1 Å². The molecule has 0 saturated carbocycles. The number of fused-ring (bicyclic) bond motifs is 1. The van der Waals surface area contributed by atoms with E-state index in [0.717, 1.165) is 11.3 Å². The highest BCUT2D eigenvalue weighted by atomic mass is 16.7. The van der Waals surface area contributed by atoms with Gasteiger partial charge in [0, 0.05) is 11.8 Å². The largest absolute Gasteiger partial charge is 0.492 e. The third-order valence-corrected chi connectivity index (χ3v) is 3.77. The van der Waals surface area contributed by atoms with Gasteiger partial charge in [-0.15, -0.1) is 0 Å². The van der Waals surface area contributed by atoms with Gasteiger partial charge in [0.25, 0.3) is 0 Å². The smallest absolute Gasteiger partial charge is 0.319 e. The summed E-state index contributed by atoms with van der Waals surface area (Å²) in [4.78, 5) is 11.9. The predicted molar refractivity (Wildman–Crippen MR) is 91.0 cm³/mol. The fourth-order valence-electron chi connectivity index (χ4n) is 2.29. The van der Waals surface area contributed by atoms with Crippen molar-refractivity contribution in [3.05, 3.63) is 47.5 Å². The van der Waals surface area contributed by atoms with Crippen LogP contribution >= 0.6 is 0 Å². The molecule has 6 heteroatoms. The first-order chi connectivity index (χ1) is 11.6. The predicted octanol–water partition coefficient (Wildman–Crippen LogP) is 3.23. The molecule has 6 nitrogen and oxygen atoms in total. The Morgan fingerprint density at radius 2 is 1.92 bits per heavy atom. The lowest BCUT2D eigenvalue weighted by Crippen LogP contribution is -2.32. The van der Waals surface area contributed by atoms with Gasteiger partial charge >= 0.3 is 6.03 Å². The van der Waals surface area contributed by atoms with Crippen LogP contribution in [-0.2, 0) is 0 Å². The number of aryl methyl sites for hydroxylation is 2. The van der Waals surface area contributed by atoms with Crippen molar-refractivity contribution in [3.8, 4) is 17.2 Å². The molecule has 1 aliphatic rings. The van der Waals surface area contributed by atoms with Crippen molar-refractivity contribution in [1.29, 1.82) is 0 Å². The second-order valence-electron chi connectivity index (χ2n) is 5.54. The van der Waals surface area contributed by atoms with Crippen molar-refractivity contribution < 1.29 is 19.0 Å². The standard InChI is InChI=1S/C18H20N2O4/c1-12-3-4-14(9-13(12)2)20-18(21)19-7-8-22-15-5-6-16-17(10-15)24-11-23-16/h3-6,9-10H,7-8,11H2,1-2H3,(H2,19,20,21). The van der Waals surface area contributed by atoms with Crippen LogP contribution in [0.5, 0.6) is 17.2 Å². The maximum atomic E-state index is 11.9. The molecule has 126 valence electrons. The molecule has 2 amide bonds. The lowest BCUT2D eigenvalue weighted by Gasteiger charge is -2.10. The van der Waals surface area contributed by atoms with Crippen LogP contribution in [0, 0.1) is 13.8 Å². The molecular weight excluding hydrogens is 308 g/mol.